The zero-order valence-electron chi connectivity index (χ0n) is 14.2. The lowest BCUT2D eigenvalue weighted by atomic mass is 10.2. The minimum Gasteiger partial charge on any atom is -0.350 e. The smallest absolute Gasteiger partial charge is 0.251 e. The van der Waals surface area contributed by atoms with Crippen molar-refractivity contribution in [3.63, 3.8) is 0 Å². The number of nitrogens with one attached hydrogen (secondary N) is 1. The molecule has 1 aromatic rings. The Morgan fingerprint density at radius 2 is 1.76 bits per heavy atom. The molecule has 1 atom stereocenters. The lowest BCUT2D eigenvalue weighted by Crippen LogP contribution is -2.38. The molecule has 1 amide bonds. The molecule has 2 aliphatic rings. The molecule has 6 nitrogen and oxygen atoms in total. The summed E-state index contributed by atoms with van der Waals surface area (Å²) in [7, 11) is -3.45. The first kappa shape index (κ1) is 20.2. The second-order valence-electron chi connectivity index (χ2n) is 6.70. The van der Waals surface area contributed by atoms with Crippen LogP contribution in [0.25, 0.3) is 0 Å². The molecule has 140 valence electrons. The Kier molecular flexibility index (Phi) is 6.85. The summed E-state index contributed by atoms with van der Waals surface area (Å²) in [5, 5.41) is 2.82. The topological polar surface area (TPSA) is 92.5 Å². The molecule has 0 spiro atoms. The average Bonchev–Trinajstić information content (AvgIpc) is 3.45. The van der Waals surface area contributed by atoms with E-state index in [4.69, 9.17) is 5.73 Å². The van der Waals surface area contributed by atoms with Gasteiger partial charge in [-0.15, -0.1) is 12.4 Å². The fraction of sp³-hybridized carbons (Fsp3) is 0.588. The summed E-state index contributed by atoms with van der Waals surface area (Å²) in [6, 6.07) is 6.16. The Morgan fingerprint density at radius 3 is 2.32 bits per heavy atom. The Morgan fingerprint density at radius 1 is 1.16 bits per heavy atom. The van der Waals surface area contributed by atoms with Gasteiger partial charge in [0, 0.05) is 31.2 Å². The van der Waals surface area contributed by atoms with Crippen molar-refractivity contribution in [2.75, 3.05) is 19.6 Å². The fourth-order valence-corrected chi connectivity index (χ4v) is 4.55. The van der Waals surface area contributed by atoms with E-state index in [0.29, 0.717) is 31.1 Å². The summed E-state index contributed by atoms with van der Waals surface area (Å²) in [6.45, 7) is 1.60. The van der Waals surface area contributed by atoms with Crippen molar-refractivity contribution in [1.82, 2.24) is 9.62 Å². The van der Waals surface area contributed by atoms with Crippen molar-refractivity contribution in [1.29, 1.82) is 0 Å². The van der Waals surface area contributed by atoms with Gasteiger partial charge in [-0.3, -0.25) is 4.79 Å². The molecular formula is C17H26ClN3O3S. The summed E-state index contributed by atoms with van der Waals surface area (Å²) in [5.74, 6) is 0.315. The van der Waals surface area contributed by atoms with Crippen LogP contribution in [0.4, 0.5) is 0 Å². The van der Waals surface area contributed by atoms with Crippen LogP contribution in [0, 0.1) is 5.92 Å². The molecule has 1 saturated heterocycles. The van der Waals surface area contributed by atoms with Crippen LogP contribution in [0.15, 0.2) is 29.2 Å². The molecule has 25 heavy (non-hydrogen) atoms. The van der Waals surface area contributed by atoms with Gasteiger partial charge in [-0.1, -0.05) is 6.42 Å². The van der Waals surface area contributed by atoms with Crippen molar-refractivity contribution >= 4 is 28.3 Å². The fourth-order valence-electron chi connectivity index (χ4n) is 3.04. The lowest BCUT2D eigenvalue weighted by Gasteiger charge is -2.25. The predicted octanol–water partition coefficient (Wildman–Crippen LogP) is 1.75. The minimum absolute atomic E-state index is 0. The summed E-state index contributed by atoms with van der Waals surface area (Å²) in [4.78, 5) is 12.4. The van der Waals surface area contributed by atoms with Crippen LogP contribution in [0.1, 0.15) is 42.5 Å². The van der Waals surface area contributed by atoms with Crippen molar-refractivity contribution in [2.45, 2.75) is 43.0 Å². The summed E-state index contributed by atoms with van der Waals surface area (Å²) in [6.07, 6.45) is 5.16. The first-order chi connectivity index (χ1) is 11.5. The summed E-state index contributed by atoms with van der Waals surface area (Å²) >= 11 is 0. The van der Waals surface area contributed by atoms with Crippen LogP contribution in [-0.2, 0) is 10.0 Å². The third kappa shape index (κ3) is 4.94. The highest BCUT2D eigenvalue weighted by Gasteiger charge is 2.29. The lowest BCUT2D eigenvalue weighted by molar-refractivity contribution is 0.0950. The first-order valence-corrected chi connectivity index (χ1v) is 10.1. The number of nitrogens with zero attached hydrogens (tertiary/aromatic N) is 1. The van der Waals surface area contributed by atoms with Gasteiger partial charge in [0.05, 0.1) is 4.90 Å². The minimum atomic E-state index is -3.45. The van der Waals surface area contributed by atoms with Gasteiger partial charge in [-0.25, -0.2) is 8.42 Å². The van der Waals surface area contributed by atoms with Crippen LogP contribution < -0.4 is 11.1 Å². The van der Waals surface area contributed by atoms with Gasteiger partial charge in [0.1, 0.15) is 0 Å². The van der Waals surface area contributed by atoms with Gasteiger partial charge in [0.15, 0.2) is 0 Å². The van der Waals surface area contributed by atoms with E-state index in [1.165, 1.54) is 16.4 Å². The molecule has 1 aromatic carbocycles. The molecular weight excluding hydrogens is 362 g/mol. The number of rotatable bonds is 6. The zero-order valence-corrected chi connectivity index (χ0v) is 15.8. The molecule has 2 fully saturated rings. The highest BCUT2D eigenvalue weighted by atomic mass is 35.5. The molecule has 8 heteroatoms. The van der Waals surface area contributed by atoms with Crippen LogP contribution in [-0.4, -0.2) is 44.3 Å². The molecule has 3 rings (SSSR count). The van der Waals surface area contributed by atoms with E-state index in [9.17, 15) is 13.2 Å². The van der Waals surface area contributed by atoms with Gasteiger partial charge in [-0.2, -0.15) is 4.31 Å². The first-order valence-electron chi connectivity index (χ1n) is 8.62. The van der Waals surface area contributed by atoms with E-state index < -0.39 is 10.0 Å². The Bertz CT molecular complexity index is 684. The molecule has 1 saturated carbocycles. The number of hydrogen-bond donors (Lipinski definition) is 2. The Balaban J connectivity index is 0.00000225. The third-order valence-electron chi connectivity index (χ3n) is 4.80. The van der Waals surface area contributed by atoms with Crippen molar-refractivity contribution in [3.8, 4) is 0 Å². The number of piperidine rings is 1. The van der Waals surface area contributed by atoms with E-state index in [1.807, 2.05) is 0 Å². The number of sulfonamides is 1. The molecule has 0 bridgehead atoms. The maximum Gasteiger partial charge on any atom is 0.251 e. The number of benzene rings is 1. The predicted molar refractivity (Wildman–Crippen MR) is 99.3 cm³/mol. The number of hydrogen-bond acceptors (Lipinski definition) is 4. The SMILES string of the molecule is Cl.NC(CNC(=O)c1ccc(S(=O)(=O)N2CCCCC2)cc1)C1CC1. The normalized spacial score (nSPS) is 19.7. The second kappa shape index (κ2) is 8.49. The van der Waals surface area contributed by atoms with Crippen molar-refractivity contribution in [3.05, 3.63) is 29.8 Å². The van der Waals surface area contributed by atoms with Crippen LogP contribution in [0.2, 0.25) is 0 Å². The van der Waals surface area contributed by atoms with Crippen LogP contribution in [0.5, 0.6) is 0 Å². The number of nitrogens with two attached hydrogens (primary N) is 1. The van der Waals surface area contributed by atoms with Gasteiger partial charge in [-0.05, 0) is 55.9 Å². The van der Waals surface area contributed by atoms with Crippen molar-refractivity contribution < 1.29 is 13.2 Å². The summed E-state index contributed by atoms with van der Waals surface area (Å²) < 4.78 is 26.7. The molecule has 3 N–H and O–H groups in total. The van der Waals surface area contributed by atoms with Crippen LogP contribution in [0.3, 0.4) is 0 Å². The van der Waals surface area contributed by atoms with Gasteiger partial charge in [0.25, 0.3) is 5.91 Å². The monoisotopic (exact) mass is 387 g/mol. The molecule has 1 unspecified atom stereocenters. The molecule has 1 aliphatic heterocycles. The number of amides is 1. The zero-order chi connectivity index (χ0) is 17.2. The molecule has 0 aromatic heterocycles. The Labute approximate surface area is 155 Å². The largest absolute Gasteiger partial charge is 0.350 e. The van der Waals surface area contributed by atoms with E-state index in [1.54, 1.807) is 12.1 Å². The van der Waals surface area contributed by atoms with Gasteiger partial charge >= 0.3 is 0 Å². The number of halogens is 1. The second-order valence-corrected chi connectivity index (χ2v) is 8.64. The number of carbonyl (C=O) groups is 1. The number of carbonyl (C=O) groups excluding carboxylic acids is 1. The molecule has 0 radical (unpaired) electrons. The average molecular weight is 388 g/mol. The Hall–Kier alpha value is -1.15. The highest BCUT2D eigenvalue weighted by molar-refractivity contribution is 7.89. The maximum atomic E-state index is 12.6. The third-order valence-corrected chi connectivity index (χ3v) is 6.71. The standard InChI is InChI=1S/C17H25N3O3S.ClH/c18-16(13-4-5-13)12-19-17(21)14-6-8-15(9-7-14)24(22,23)20-10-2-1-3-11-20;/h6-9,13,16H,1-5,10-12,18H2,(H,19,21);1H. The van der Waals surface area contributed by atoms with E-state index >= 15 is 0 Å². The molecule has 1 heterocycles. The highest BCUT2D eigenvalue weighted by Crippen LogP contribution is 2.31. The summed E-state index contributed by atoms with van der Waals surface area (Å²) in [5.41, 5.74) is 6.42. The van der Waals surface area contributed by atoms with Gasteiger partial charge < -0.3 is 11.1 Å². The van der Waals surface area contributed by atoms with Crippen LogP contribution >= 0.6 is 12.4 Å². The molecule has 1 aliphatic carbocycles. The van der Waals surface area contributed by atoms with E-state index in [-0.39, 0.29) is 29.3 Å². The van der Waals surface area contributed by atoms with Crippen molar-refractivity contribution in [2.24, 2.45) is 11.7 Å². The maximum absolute atomic E-state index is 12.6. The van der Waals surface area contributed by atoms with Gasteiger partial charge in [0.2, 0.25) is 10.0 Å². The van der Waals surface area contributed by atoms with E-state index in [0.717, 1.165) is 32.1 Å². The van der Waals surface area contributed by atoms with E-state index in [2.05, 4.69) is 5.32 Å². The quantitative estimate of drug-likeness (QED) is 0.777.